The van der Waals surface area contributed by atoms with Crippen molar-refractivity contribution in [2.45, 2.75) is 45.7 Å². The SMILES string of the molecule is CCCS(=O)(=O)N1CCCC1C(=O)NCc1cn2cccc(C)c2n1. The van der Waals surface area contributed by atoms with Gasteiger partial charge in [-0.15, -0.1) is 0 Å². The molecule has 3 heterocycles. The van der Waals surface area contributed by atoms with E-state index in [0.717, 1.165) is 16.9 Å². The zero-order valence-electron chi connectivity index (χ0n) is 14.6. The Morgan fingerprint density at radius 1 is 1.44 bits per heavy atom. The summed E-state index contributed by atoms with van der Waals surface area (Å²) in [6, 6.07) is 3.33. The van der Waals surface area contributed by atoms with Crippen LogP contribution in [0.1, 0.15) is 37.4 Å². The summed E-state index contributed by atoms with van der Waals surface area (Å²) in [6.07, 6.45) is 5.63. The van der Waals surface area contributed by atoms with Gasteiger partial charge in [0, 0.05) is 18.9 Å². The summed E-state index contributed by atoms with van der Waals surface area (Å²) in [4.78, 5) is 17.0. The Bertz CT molecular complexity index is 875. The van der Waals surface area contributed by atoms with Gasteiger partial charge >= 0.3 is 0 Å². The Balaban J connectivity index is 1.68. The van der Waals surface area contributed by atoms with Crippen molar-refractivity contribution < 1.29 is 13.2 Å². The Morgan fingerprint density at radius 3 is 2.96 bits per heavy atom. The van der Waals surface area contributed by atoms with E-state index in [4.69, 9.17) is 0 Å². The minimum Gasteiger partial charge on any atom is -0.349 e. The molecule has 1 atom stereocenters. The molecule has 136 valence electrons. The van der Waals surface area contributed by atoms with E-state index in [-0.39, 0.29) is 18.2 Å². The second-order valence-corrected chi connectivity index (χ2v) is 8.50. The number of aromatic nitrogens is 2. The fraction of sp³-hybridized carbons (Fsp3) is 0.529. The van der Waals surface area contributed by atoms with Crippen molar-refractivity contribution in [2.24, 2.45) is 0 Å². The van der Waals surface area contributed by atoms with Crippen LogP contribution >= 0.6 is 0 Å². The largest absolute Gasteiger partial charge is 0.349 e. The predicted molar refractivity (Wildman–Crippen MR) is 95.6 cm³/mol. The van der Waals surface area contributed by atoms with Crippen molar-refractivity contribution in [3.05, 3.63) is 35.8 Å². The summed E-state index contributed by atoms with van der Waals surface area (Å²) < 4.78 is 27.9. The summed E-state index contributed by atoms with van der Waals surface area (Å²) >= 11 is 0. The van der Waals surface area contributed by atoms with Gasteiger partial charge in [-0.3, -0.25) is 4.79 Å². The number of sulfonamides is 1. The van der Waals surface area contributed by atoms with Crippen molar-refractivity contribution in [1.29, 1.82) is 0 Å². The molecule has 8 heteroatoms. The highest BCUT2D eigenvalue weighted by Gasteiger charge is 2.37. The Hall–Kier alpha value is -1.93. The third-order valence-corrected chi connectivity index (χ3v) is 6.57. The van der Waals surface area contributed by atoms with Gasteiger partial charge in [0.15, 0.2) is 0 Å². The van der Waals surface area contributed by atoms with Gasteiger partial charge in [-0.2, -0.15) is 4.31 Å². The molecule has 0 bridgehead atoms. The summed E-state index contributed by atoms with van der Waals surface area (Å²) in [6.45, 7) is 4.53. The number of aryl methyl sites for hydroxylation is 1. The van der Waals surface area contributed by atoms with Crippen LogP contribution in [-0.2, 0) is 21.4 Å². The van der Waals surface area contributed by atoms with Crippen molar-refractivity contribution >= 4 is 21.6 Å². The number of fused-ring (bicyclic) bond motifs is 1. The highest BCUT2D eigenvalue weighted by molar-refractivity contribution is 7.89. The van der Waals surface area contributed by atoms with E-state index in [9.17, 15) is 13.2 Å². The molecule has 3 rings (SSSR count). The summed E-state index contributed by atoms with van der Waals surface area (Å²) in [7, 11) is -3.36. The van der Waals surface area contributed by atoms with Crippen LogP contribution in [0.25, 0.3) is 5.65 Å². The first-order valence-corrected chi connectivity index (χ1v) is 10.2. The lowest BCUT2D eigenvalue weighted by atomic mass is 10.2. The number of imidazole rings is 1. The molecule has 0 radical (unpaired) electrons. The minimum atomic E-state index is -3.36. The number of hydrogen-bond donors (Lipinski definition) is 1. The van der Waals surface area contributed by atoms with E-state index in [1.165, 1.54) is 4.31 Å². The fourth-order valence-electron chi connectivity index (χ4n) is 3.30. The smallest absolute Gasteiger partial charge is 0.238 e. The number of nitrogens with one attached hydrogen (secondary N) is 1. The summed E-state index contributed by atoms with van der Waals surface area (Å²) in [5.74, 6) is -0.159. The van der Waals surface area contributed by atoms with E-state index < -0.39 is 16.1 Å². The first kappa shape index (κ1) is 17.9. The maximum absolute atomic E-state index is 12.5. The van der Waals surface area contributed by atoms with Gasteiger partial charge in [-0.1, -0.05) is 13.0 Å². The molecule has 25 heavy (non-hydrogen) atoms. The van der Waals surface area contributed by atoms with E-state index in [1.54, 1.807) is 0 Å². The van der Waals surface area contributed by atoms with Crippen molar-refractivity contribution in [3.8, 4) is 0 Å². The molecule has 1 amide bonds. The number of hydrogen-bond acceptors (Lipinski definition) is 4. The fourth-order valence-corrected chi connectivity index (χ4v) is 5.04. The van der Waals surface area contributed by atoms with E-state index in [2.05, 4.69) is 10.3 Å². The minimum absolute atomic E-state index is 0.0858. The van der Waals surface area contributed by atoms with Gasteiger partial charge in [0.05, 0.1) is 18.0 Å². The monoisotopic (exact) mass is 364 g/mol. The van der Waals surface area contributed by atoms with Gasteiger partial charge in [0.2, 0.25) is 15.9 Å². The number of nitrogens with zero attached hydrogens (tertiary/aromatic N) is 3. The number of carbonyl (C=O) groups excluding carboxylic acids is 1. The second kappa shape index (κ2) is 7.13. The van der Waals surface area contributed by atoms with Crippen molar-refractivity contribution in [2.75, 3.05) is 12.3 Å². The van der Waals surface area contributed by atoms with Crippen molar-refractivity contribution in [3.63, 3.8) is 0 Å². The van der Waals surface area contributed by atoms with Crippen LogP contribution in [-0.4, -0.2) is 46.4 Å². The number of carbonyl (C=O) groups is 1. The van der Waals surface area contributed by atoms with Crippen LogP contribution in [0.4, 0.5) is 0 Å². The molecule has 1 aliphatic heterocycles. The zero-order chi connectivity index (χ0) is 18.0. The Kier molecular flexibility index (Phi) is 5.10. The Morgan fingerprint density at radius 2 is 2.24 bits per heavy atom. The van der Waals surface area contributed by atoms with Gasteiger partial charge in [0.25, 0.3) is 0 Å². The van der Waals surface area contributed by atoms with Crippen LogP contribution in [0, 0.1) is 6.92 Å². The normalized spacial score (nSPS) is 18.7. The average molecular weight is 364 g/mol. The molecule has 1 saturated heterocycles. The topological polar surface area (TPSA) is 83.8 Å². The van der Waals surface area contributed by atoms with Crippen LogP contribution in [0.15, 0.2) is 24.5 Å². The van der Waals surface area contributed by atoms with Gasteiger partial charge in [-0.05, 0) is 37.8 Å². The number of amides is 1. The molecule has 0 spiro atoms. The van der Waals surface area contributed by atoms with Crippen LogP contribution in [0.2, 0.25) is 0 Å². The van der Waals surface area contributed by atoms with E-state index in [1.807, 2.05) is 42.8 Å². The lowest BCUT2D eigenvalue weighted by molar-refractivity contribution is -0.124. The molecule has 1 aliphatic rings. The molecular formula is C17H24N4O3S. The maximum Gasteiger partial charge on any atom is 0.238 e. The first-order chi connectivity index (χ1) is 11.9. The average Bonchev–Trinajstić information content (AvgIpc) is 3.20. The number of pyridine rings is 1. The predicted octanol–water partition coefficient (Wildman–Crippen LogP) is 1.46. The third-order valence-electron chi connectivity index (χ3n) is 4.50. The number of rotatable bonds is 6. The maximum atomic E-state index is 12.5. The lowest BCUT2D eigenvalue weighted by Crippen LogP contribution is -2.46. The van der Waals surface area contributed by atoms with Crippen molar-refractivity contribution in [1.82, 2.24) is 19.0 Å². The molecule has 0 aromatic carbocycles. The highest BCUT2D eigenvalue weighted by atomic mass is 32.2. The standard InChI is InChI=1S/C17H24N4O3S/c1-3-10-25(23,24)21-9-5-7-15(21)17(22)18-11-14-12-20-8-4-6-13(2)16(20)19-14/h4,6,8,12,15H,3,5,7,9-11H2,1-2H3,(H,18,22). The molecule has 1 fully saturated rings. The highest BCUT2D eigenvalue weighted by Crippen LogP contribution is 2.22. The van der Waals surface area contributed by atoms with Crippen LogP contribution < -0.4 is 5.32 Å². The zero-order valence-corrected chi connectivity index (χ0v) is 15.4. The molecular weight excluding hydrogens is 340 g/mol. The second-order valence-electron chi connectivity index (χ2n) is 6.46. The first-order valence-electron chi connectivity index (χ1n) is 8.63. The Labute approximate surface area is 148 Å². The van der Waals surface area contributed by atoms with Crippen LogP contribution in [0.3, 0.4) is 0 Å². The summed E-state index contributed by atoms with van der Waals surface area (Å²) in [5, 5.41) is 2.84. The summed E-state index contributed by atoms with van der Waals surface area (Å²) in [5.41, 5.74) is 2.68. The molecule has 2 aromatic rings. The lowest BCUT2D eigenvalue weighted by Gasteiger charge is -2.23. The quantitative estimate of drug-likeness (QED) is 0.841. The van der Waals surface area contributed by atoms with E-state index >= 15 is 0 Å². The molecule has 2 aromatic heterocycles. The van der Waals surface area contributed by atoms with E-state index in [0.29, 0.717) is 25.8 Å². The van der Waals surface area contributed by atoms with Crippen LogP contribution in [0.5, 0.6) is 0 Å². The molecule has 0 aliphatic carbocycles. The molecule has 7 nitrogen and oxygen atoms in total. The third kappa shape index (κ3) is 3.69. The van der Waals surface area contributed by atoms with Gasteiger partial charge < -0.3 is 9.72 Å². The molecule has 1 N–H and O–H groups in total. The molecule has 0 saturated carbocycles. The van der Waals surface area contributed by atoms with Gasteiger partial charge in [0.1, 0.15) is 11.7 Å². The van der Waals surface area contributed by atoms with Gasteiger partial charge in [-0.25, -0.2) is 13.4 Å². The molecule has 1 unspecified atom stereocenters.